The van der Waals surface area contributed by atoms with Crippen LogP contribution in [-0.4, -0.2) is 38.8 Å². The molecule has 0 fully saturated rings. The van der Waals surface area contributed by atoms with Gasteiger partial charge in [0.05, 0.1) is 4.90 Å². The number of rotatable bonds is 6. The highest BCUT2D eigenvalue weighted by molar-refractivity contribution is 7.90. The van der Waals surface area contributed by atoms with Crippen molar-refractivity contribution in [1.29, 1.82) is 0 Å². The zero-order chi connectivity index (χ0) is 15.4. The molecule has 0 atom stereocenters. The van der Waals surface area contributed by atoms with Gasteiger partial charge in [-0.3, -0.25) is 4.79 Å². The molecule has 0 radical (unpaired) electrons. The summed E-state index contributed by atoms with van der Waals surface area (Å²) in [5.41, 5.74) is 0.103. The molecule has 2 N–H and O–H groups in total. The Labute approximate surface area is 119 Å². The summed E-state index contributed by atoms with van der Waals surface area (Å²) in [5, 5.41) is 11.7. The maximum atomic E-state index is 12.0. The highest BCUT2D eigenvalue weighted by atomic mass is 32.2. The zero-order valence-corrected chi connectivity index (χ0v) is 12.8. The van der Waals surface area contributed by atoms with Gasteiger partial charge in [-0.05, 0) is 30.0 Å². The van der Waals surface area contributed by atoms with E-state index in [0.29, 0.717) is 18.5 Å². The van der Waals surface area contributed by atoms with Gasteiger partial charge in [-0.15, -0.1) is 0 Å². The number of hydrogen-bond donors (Lipinski definition) is 2. The van der Waals surface area contributed by atoms with E-state index in [1.807, 2.05) is 13.8 Å². The average Bonchev–Trinajstić information content (AvgIpc) is 2.35. The van der Waals surface area contributed by atoms with Gasteiger partial charge in [0.2, 0.25) is 0 Å². The van der Waals surface area contributed by atoms with Crippen LogP contribution in [0.25, 0.3) is 0 Å². The highest BCUT2D eigenvalue weighted by Gasteiger charge is 2.19. The van der Waals surface area contributed by atoms with Crippen LogP contribution >= 0.6 is 0 Å². The molecule has 6 heteroatoms. The van der Waals surface area contributed by atoms with Gasteiger partial charge in [-0.25, -0.2) is 8.42 Å². The minimum atomic E-state index is -3.32. The SMILES string of the molecule is CC(C)(CCO)CNC(=O)c1cccc(S(C)(=O)=O)c1. The van der Waals surface area contributed by atoms with Crippen LogP contribution in [0, 0.1) is 5.41 Å². The van der Waals surface area contributed by atoms with E-state index in [0.717, 1.165) is 6.26 Å². The van der Waals surface area contributed by atoms with Gasteiger partial charge in [0.1, 0.15) is 0 Å². The first-order valence-corrected chi connectivity index (χ1v) is 8.24. The molecule has 0 bridgehead atoms. The summed E-state index contributed by atoms with van der Waals surface area (Å²) in [6.07, 6.45) is 1.69. The first kappa shape index (κ1) is 16.7. The Balaban J connectivity index is 2.79. The van der Waals surface area contributed by atoms with E-state index in [-0.39, 0.29) is 22.8 Å². The molecule has 1 amide bonds. The van der Waals surface area contributed by atoms with Gasteiger partial charge in [0.15, 0.2) is 9.84 Å². The second-order valence-corrected chi connectivity index (χ2v) is 7.64. The third-order valence-corrected chi connectivity index (χ3v) is 4.15. The van der Waals surface area contributed by atoms with Crippen LogP contribution in [0.3, 0.4) is 0 Å². The largest absolute Gasteiger partial charge is 0.396 e. The summed E-state index contributed by atoms with van der Waals surface area (Å²) < 4.78 is 22.9. The van der Waals surface area contributed by atoms with Crippen LogP contribution in [0.15, 0.2) is 29.2 Å². The van der Waals surface area contributed by atoms with Crippen molar-refractivity contribution in [1.82, 2.24) is 5.32 Å². The van der Waals surface area contributed by atoms with Crippen LogP contribution in [-0.2, 0) is 9.84 Å². The summed E-state index contributed by atoms with van der Waals surface area (Å²) in [4.78, 5) is 12.1. The van der Waals surface area contributed by atoms with Gasteiger partial charge in [-0.2, -0.15) is 0 Å². The third kappa shape index (κ3) is 4.94. The smallest absolute Gasteiger partial charge is 0.251 e. The van der Waals surface area contributed by atoms with Crippen LogP contribution in [0.5, 0.6) is 0 Å². The van der Waals surface area contributed by atoms with Crippen LogP contribution in [0.4, 0.5) is 0 Å². The maximum Gasteiger partial charge on any atom is 0.251 e. The number of carbonyl (C=O) groups excluding carboxylic acids is 1. The summed E-state index contributed by atoms with van der Waals surface area (Å²) in [6.45, 7) is 4.36. The predicted molar refractivity (Wildman–Crippen MR) is 77.4 cm³/mol. The number of aliphatic hydroxyl groups is 1. The Hall–Kier alpha value is -1.40. The Bertz CT molecular complexity index is 579. The molecule has 0 unspecified atom stereocenters. The van der Waals surface area contributed by atoms with E-state index in [4.69, 9.17) is 5.11 Å². The van der Waals surface area contributed by atoms with Crippen molar-refractivity contribution >= 4 is 15.7 Å². The zero-order valence-electron chi connectivity index (χ0n) is 12.0. The van der Waals surface area contributed by atoms with E-state index in [2.05, 4.69) is 5.32 Å². The molecular formula is C14H21NO4S. The van der Waals surface area contributed by atoms with Gasteiger partial charge in [0.25, 0.3) is 5.91 Å². The molecular weight excluding hydrogens is 278 g/mol. The molecule has 0 heterocycles. The molecule has 0 aliphatic rings. The van der Waals surface area contributed by atoms with Crippen LogP contribution < -0.4 is 5.32 Å². The second-order valence-electron chi connectivity index (χ2n) is 5.62. The molecule has 5 nitrogen and oxygen atoms in total. The van der Waals surface area contributed by atoms with Crippen molar-refractivity contribution in [3.8, 4) is 0 Å². The number of aliphatic hydroxyl groups excluding tert-OH is 1. The number of nitrogens with one attached hydrogen (secondary N) is 1. The molecule has 0 saturated heterocycles. The molecule has 0 spiro atoms. The molecule has 20 heavy (non-hydrogen) atoms. The Kier molecular flexibility index (Phi) is 5.30. The van der Waals surface area contributed by atoms with Crippen molar-refractivity contribution in [3.05, 3.63) is 29.8 Å². The number of benzene rings is 1. The molecule has 0 saturated carbocycles. The highest BCUT2D eigenvalue weighted by Crippen LogP contribution is 2.18. The Morgan fingerprint density at radius 3 is 2.55 bits per heavy atom. The molecule has 0 aliphatic carbocycles. The molecule has 1 rings (SSSR count). The summed E-state index contributed by atoms with van der Waals surface area (Å²) in [6, 6.07) is 5.94. The minimum Gasteiger partial charge on any atom is -0.396 e. The molecule has 112 valence electrons. The fraction of sp³-hybridized carbons (Fsp3) is 0.500. The van der Waals surface area contributed by atoms with Crippen molar-refractivity contribution in [2.75, 3.05) is 19.4 Å². The lowest BCUT2D eigenvalue weighted by atomic mass is 9.89. The first-order valence-electron chi connectivity index (χ1n) is 6.35. The van der Waals surface area contributed by atoms with Crippen molar-refractivity contribution in [3.63, 3.8) is 0 Å². The standard InChI is InChI=1S/C14H21NO4S/c1-14(2,7-8-16)10-15-13(17)11-5-4-6-12(9-11)20(3,18)19/h4-6,9,16H,7-8,10H2,1-3H3,(H,15,17). The molecule has 0 aromatic heterocycles. The number of sulfone groups is 1. The van der Waals surface area contributed by atoms with Crippen LogP contribution in [0.1, 0.15) is 30.6 Å². The quantitative estimate of drug-likeness (QED) is 0.827. The number of carbonyl (C=O) groups is 1. The number of hydrogen-bond acceptors (Lipinski definition) is 4. The van der Waals surface area contributed by atoms with Gasteiger partial charge >= 0.3 is 0 Å². The number of amides is 1. The third-order valence-electron chi connectivity index (χ3n) is 3.04. The van der Waals surface area contributed by atoms with E-state index in [1.54, 1.807) is 12.1 Å². The van der Waals surface area contributed by atoms with E-state index >= 15 is 0 Å². The van der Waals surface area contributed by atoms with E-state index in [1.165, 1.54) is 12.1 Å². The molecule has 1 aromatic carbocycles. The molecule has 1 aromatic rings. The topological polar surface area (TPSA) is 83.5 Å². The Morgan fingerprint density at radius 2 is 2.00 bits per heavy atom. The summed E-state index contributed by atoms with van der Waals surface area (Å²) in [7, 11) is -3.32. The van der Waals surface area contributed by atoms with Crippen LogP contribution in [0.2, 0.25) is 0 Å². The van der Waals surface area contributed by atoms with E-state index < -0.39 is 9.84 Å². The van der Waals surface area contributed by atoms with Crippen molar-refractivity contribution in [2.45, 2.75) is 25.2 Å². The van der Waals surface area contributed by atoms with Gasteiger partial charge in [0, 0.05) is 25.0 Å². The monoisotopic (exact) mass is 299 g/mol. The lowest BCUT2D eigenvalue weighted by Crippen LogP contribution is -2.34. The fourth-order valence-corrected chi connectivity index (χ4v) is 2.35. The second kappa shape index (κ2) is 6.37. The first-order chi connectivity index (χ1) is 9.15. The van der Waals surface area contributed by atoms with Gasteiger partial charge < -0.3 is 10.4 Å². The normalized spacial score (nSPS) is 12.2. The average molecular weight is 299 g/mol. The molecule has 0 aliphatic heterocycles. The predicted octanol–water partition coefficient (Wildman–Crippen LogP) is 1.23. The fourth-order valence-electron chi connectivity index (χ4n) is 1.68. The van der Waals surface area contributed by atoms with Gasteiger partial charge in [-0.1, -0.05) is 19.9 Å². The lowest BCUT2D eigenvalue weighted by Gasteiger charge is -2.23. The summed E-state index contributed by atoms with van der Waals surface area (Å²) in [5.74, 6) is -0.318. The lowest BCUT2D eigenvalue weighted by molar-refractivity contribution is 0.0928. The van der Waals surface area contributed by atoms with Crippen molar-refractivity contribution in [2.24, 2.45) is 5.41 Å². The maximum absolute atomic E-state index is 12.0. The Morgan fingerprint density at radius 1 is 1.35 bits per heavy atom. The van der Waals surface area contributed by atoms with Crippen molar-refractivity contribution < 1.29 is 18.3 Å². The summed E-state index contributed by atoms with van der Waals surface area (Å²) >= 11 is 0. The van der Waals surface area contributed by atoms with E-state index in [9.17, 15) is 13.2 Å². The minimum absolute atomic E-state index is 0.0619.